The summed E-state index contributed by atoms with van der Waals surface area (Å²) in [4.78, 5) is 9.27. The Morgan fingerprint density at radius 2 is 1.28 bits per heavy atom. The highest BCUT2D eigenvalue weighted by molar-refractivity contribution is 5.63. The number of nitrogens with zero attached hydrogens (tertiary/aromatic N) is 6. The van der Waals surface area contributed by atoms with Crippen molar-refractivity contribution in [1.29, 1.82) is 0 Å². The van der Waals surface area contributed by atoms with E-state index in [2.05, 4.69) is 124 Å². The minimum Gasteiger partial charge on any atom is -0.309 e. The second-order valence-electron chi connectivity index (χ2n) is 10.8. The Hall–Kier alpha value is -2.51. The first-order valence-corrected chi connectivity index (χ1v) is 13.1. The van der Waals surface area contributed by atoms with Crippen molar-refractivity contribution in [3.63, 3.8) is 0 Å². The van der Waals surface area contributed by atoms with Crippen LogP contribution in [-0.2, 0) is 13.1 Å². The molecule has 2 aromatic carbocycles. The number of rotatable bonds is 14. The predicted octanol–water partition coefficient (Wildman–Crippen LogP) is 4.61. The Balaban J connectivity index is 1.63. The highest BCUT2D eigenvalue weighted by atomic mass is 15.3. The molecule has 36 heavy (non-hydrogen) atoms. The van der Waals surface area contributed by atoms with Crippen LogP contribution in [0.4, 0.5) is 0 Å². The van der Waals surface area contributed by atoms with E-state index in [1.165, 1.54) is 35.1 Å². The summed E-state index contributed by atoms with van der Waals surface area (Å²) in [6.45, 7) is 8.50. The Labute approximate surface area is 219 Å². The lowest BCUT2D eigenvalue weighted by Crippen LogP contribution is -2.23. The zero-order valence-electron chi connectivity index (χ0n) is 23.5. The van der Waals surface area contributed by atoms with Crippen molar-refractivity contribution < 1.29 is 0 Å². The molecular weight excluding hydrogens is 444 g/mol. The first-order valence-electron chi connectivity index (χ1n) is 13.1. The van der Waals surface area contributed by atoms with E-state index in [9.17, 15) is 0 Å². The van der Waals surface area contributed by atoms with Gasteiger partial charge in [-0.05, 0) is 117 Å². The molecule has 3 aromatic rings. The average Bonchev–Trinajstić information content (AvgIpc) is 3.21. The van der Waals surface area contributed by atoms with Gasteiger partial charge in [0.05, 0.1) is 11.4 Å². The molecule has 0 aliphatic rings. The first kappa shape index (κ1) is 28.1. The molecule has 0 atom stereocenters. The molecule has 0 aliphatic carbocycles. The van der Waals surface area contributed by atoms with E-state index in [0.29, 0.717) is 0 Å². The van der Waals surface area contributed by atoms with Crippen LogP contribution >= 0.6 is 0 Å². The highest BCUT2D eigenvalue weighted by Gasteiger charge is 2.11. The second-order valence-corrected chi connectivity index (χ2v) is 10.8. The number of aryl methyl sites for hydroxylation is 1. The molecule has 3 rings (SSSR count). The van der Waals surface area contributed by atoms with E-state index in [4.69, 9.17) is 5.10 Å². The Morgan fingerprint density at radius 3 is 1.86 bits per heavy atom. The zero-order valence-corrected chi connectivity index (χ0v) is 23.5. The van der Waals surface area contributed by atoms with Crippen molar-refractivity contribution in [3.05, 3.63) is 71.4 Å². The lowest BCUT2D eigenvalue weighted by molar-refractivity contribution is 0.294. The SMILES string of the molecule is Cc1cn(-c2cccc(CN(C)CCCN(C)C)c2)nc1-c1ccc(CN(C)CCCN(C)C)cc1. The van der Waals surface area contributed by atoms with Crippen LogP contribution in [0.1, 0.15) is 29.5 Å². The molecule has 0 saturated carbocycles. The fraction of sp³-hybridized carbons (Fsp3) is 0.500. The van der Waals surface area contributed by atoms with Gasteiger partial charge in [-0.3, -0.25) is 0 Å². The fourth-order valence-corrected chi connectivity index (χ4v) is 4.54. The third-order valence-electron chi connectivity index (χ3n) is 6.49. The van der Waals surface area contributed by atoms with Gasteiger partial charge in [0.2, 0.25) is 0 Å². The molecule has 0 saturated heterocycles. The van der Waals surface area contributed by atoms with Gasteiger partial charge in [0.25, 0.3) is 0 Å². The minimum atomic E-state index is 0.944. The molecular formula is C30H46N6. The summed E-state index contributed by atoms with van der Waals surface area (Å²) in [6.07, 6.45) is 4.50. The van der Waals surface area contributed by atoms with Crippen LogP contribution in [0.5, 0.6) is 0 Å². The van der Waals surface area contributed by atoms with Gasteiger partial charge in [-0.25, -0.2) is 4.68 Å². The van der Waals surface area contributed by atoms with Crippen LogP contribution in [0.3, 0.4) is 0 Å². The summed E-state index contributed by atoms with van der Waals surface area (Å²) >= 11 is 0. The number of hydrogen-bond donors (Lipinski definition) is 0. The lowest BCUT2D eigenvalue weighted by Gasteiger charge is -2.18. The van der Waals surface area contributed by atoms with E-state index in [-0.39, 0.29) is 0 Å². The van der Waals surface area contributed by atoms with E-state index >= 15 is 0 Å². The maximum Gasteiger partial charge on any atom is 0.0956 e. The summed E-state index contributed by atoms with van der Waals surface area (Å²) in [5.74, 6) is 0. The van der Waals surface area contributed by atoms with Crippen molar-refractivity contribution in [2.45, 2.75) is 32.9 Å². The Kier molecular flexibility index (Phi) is 10.7. The monoisotopic (exact) mass is 490 g/mol. The quantitative estimate of drug-likeness (QED) is 0.329. The average molecular weight is 491 g/mol. The highest BCUT2D eigenvalue weighted by Crippen LogP contribution is 2.24. The smallest absolute Gasteiger partial charge is 0.0956 e. The van der Waals surface area contributed by atoms with E-state index in [1.807, 2.05) is 4.68 Å². The van der Waals surface area contributed by atoms with Crippen molar-refractivity contribution in [2.75, 3.05) is 68.5 Å². The molecule has 196 valence electrons. The van der Waals surface area contributed by atoms with Gasteiger partial charge in [0, 0.05) is 24.8 Å². The van der Waals surface area contributed by atoms with Crippen LogP contribution in [0, 0.1) is 6.92 Å². The number of hydrogen-bond acceptors (Lipinski definition) is 5. The van der Waals surface area contributed by atoms with Gasteiger partial charge < -0.3 is 19.6 Å². The molecule has 0 N–H and O–H groups in total. The third-order valence-corrected chi connectivity index (χ3v) is 6.49. The molecule has 6 nitrogen and oxygen atoms in total. The van der Waals surface area contributed by atoms with Gasteiger partial charge in [-0.1, -0.05) is 36.4 Å². The number of aromatic nitrogens is 2. The molecule has 0 amide bonds. The van der Waals surface area contributed by atoms with Crippen LogP contribution in [0.25, 0.3) is 16.9 Å². The molecule has 0 bridgehead atoms. The van der Waals surface area contributed by atoms with Gasteiger partial charge in [-0.2, -0.15) is 5.10 Å². The third kappa shape index (κ3) is 8.86. The maximum atomic E-state index is 4.97. The Morgan fingerprint density at radius 1 is 0.694 bits per heavy atom. The normalized spacial score (nSPS) is 12.0. The summed E-state index contributed by atoms with van der Waals surface area (Å²) < 4.78 is 2.02. The zero-order chi connectivity index (χ0) is 26.1. The van der Waals surface area contributed by atoms with Crippen LogP contribution in [0.2, 0.25) is 0 Å². The standard InChI is InChI=1S/C30H46N6/c1-25-22-36(29-12-8-11-27(21-29)24-35(7)20-10-18-33(4)5)31-30(25)28-15-13-26(14-16-28)23-34(6)19-9-17-32(2)3/h8,11-16,21-22H,9-10,17-20,23-24H2,1-7H3. The molecule has 0 aliphatic heterocycles. The van der Waals surface area contributed by atoms with Gasteiger partial charge >= 0.3 is 0 Å². The van der Waals surface area contributed by atoms with Crippen LogP contribution in [0.15, 0.2) is 54.7 Å². The minimum absolute atomic E-state index is 0.944. The van der Waals surface area contributed by atoms with Gasteiger partial charge in [0.15, 0.2) is 0 Å². The molecule has 0 radical (unpaired) electrons. The fourth-order valence-electron chi connectivity index (χ4n) is 4.54. The van der Waals surface area contributed by atoms with E-state index < -0.39 is 0 Å². The Bertz CT molecular complexity index is 1050. The molecule has 0 fully saturated rings. The molecule has 6 heteroatoms. The number of benzene rings is 2. The van der Waals surface area contributed by atoms with Gasteiger partial charge in [0.1, 0.15) is 0 Å². The van der Waals surface area contributed by atoms with E-state index in [1.54, 1.807) is 0 Å². The summed E-state index contributed by atoms with van der Waals surface area (Å²) in [5.41, 5.74) is 7.17. The predicted molar refractivity (Wildman–Crippen MR) is 153 cm³/mol. The molecule has 1 aromatic heterocycles. The molecule has 0 spiro atoms. The van der Waals surface area contributed by atoms with Crippen LogP contribution in [-0.4, -0.2) is 97.8 Å². The summed E-state index contributed by atoms with van der Waals surface area (Å²) in [5, 5.41) is 4.97. The molecule has 1 heterocycles. The van der Waals surface area contributed by atoms with Crippen molar-refractivity contribution in [1.82, 2.24) is 29.4 Å². The maximum absolute atomic E-state index is 4.97. The van der Waals surface area contributed by atoms with Crippen molar-refractivity contribution in [3.8, 4) is 16.9 Å². The van der Waals surface area contributed by atoms with Crippen molar-refractivity contribution in [2.24, 2.45) is 0 Å². The van der Waals surface area contributed by atoms with E-state index in [0.717, 1.165) is 50.6 Å². The first-order chi connectivity index (χ1) is 17.2. The topological polar surface area (TPSA) is 30.8 Å². The van der Waals surface area contributed by atoms with Crippen molar-refractivity contribution >= 4 is 0 Å². The lowest BCUT2D eigenvalue weighted by atomic mass is 10.1. The summed E-state index contributed by atoms with van der Waals surface area (Å²) in [6, 6.07) is 17.6. The van der Waals surface area contributed by atoms with Crippen LogP contribution < -0.4 is 0 Å². The molecule has 0 unspecified atom stereocenters. The summed E-state index contributed by atoms with van der Waals surface area (Å²) in [7, 11) is 12.9. The second kappa shape index (κ2) is 13.7. The largest absolute Gasteiger partial charge is 0.309 e. The van der Waals surface area contributed by atoms with Gasteiger partial charge in [-0.15, -0.1) is 0 Å².